The number of ether oxygens (including phenoxy) is 1. The molecule has 2 aliphatic heterocycles. The Balaban J connectivity index is 1.66. The Kier molecular flexibility index (Phi) is 4.66. The number of nitrogens with zero attached hydrogens (tertiary/aromatic N) is 4. The molecule has 2 fully saturated rings. The Morgan fingerprint density at radius 1 is 1.14 bits per heavy atom. The highest BCUT2D eigenvalue weighted by Gasteiger charge is 2.18. The van der Waals surface area contributed by atoms with Gasteiger partial charge in [-0.2, -0.15) is 15.0 Å². The van der Waals surface area contributed by atoms with Crippen molar-refractivity contribution in [2.24, 2.45) is 11.8 Å². The van der Waals surface area contributed by atoms with Crippen LogP contribution in [0.5, 0.6) is 0 Å². The van der Waals surface area contributed by atoms with Crippen LogP contribution in [-0.4, -0.2) is 47.8 Å². The van der Waals surface area contributed by atoms with Crippen LogP contribution in [0, 0.1) is 5.92 Å². The average molecular weight is 293 g/mol. The molecule has 0 saturated carbocycles. The quantitative estimate of drug-likeness (QED) is 0.536. The summed E-state index contributed by atoms with van der Waals surface area (Å²) in [6.45, 7) is 4.48. The van der Waals surface area contributed by atoms with Crippen molar-refractivity contribution in [2.45, 2.75) is 25.7 Å². The minimum atomic E-state index is 0.397. The van der Waals surface area contributed by atoms with Crippen LogP contribution in [-0.2, 0) is 4.74 Å². The lowest BCUT2D eigenvalue weighted by molar-refractivity contribution is 0.0594. The van der Waals surface area contributed by atoms with Crippen molar-refractivity contribution < 1.29 is 4.74 Å². The predicted molar refractivity (Wildman–Crippen MR) is 81.1 cm³/mol. The van der Waals surface area contributed by atoms with Crippen molar-refractivity contribution in [2.75, 3.05) is 48.5 Å². The van der Waals surface area contributed by atoms with Crippen LogP contribution in [0.3, 0.4) is 0 Å². The smallest absolute Gasteiger partial charge is 0.243 e. The third kappa shape index (κ3) is 3.70. The highest BCUT2D eigenvalue weighted by atomic mass is 16.5. The Morgan fingerprint density at radius 3 is 2.67 bits per heavy atom. The van der Waals surface area contributed by atoms with Gasteiger partial charge in [-0.15, -0.1) is 0 Å². The molecule has 3 rings (SSSR count). The molecule has 0 spiro atoms. The fourth-order valence-corrected chi connectivity index (χ4v) is 2.77. The lowest BCUT2D eigenvalue weighted by atomic mass is 10.0. The maximum absolute atomic E-state index is 5.49. The van der Waals surface area contributed by atoms with Crippen LogP contribution in [0.1, 0.15) is 25.7 Å². The van der Waals surface area contributed by atoms with Gasteiger partial charge in [0, 0.05) is 26.2 Å². The van der Waals surface area contributed by atoms with Gasteiger partial charge in [-0.05, 0) is 31.6 Å². The van der Waals surface area contributed by atoms with Crippen molar-refractivity contribution in [3.05, 3.63) is 0 Å². The second-order valence-electron chi connectivity index (χ2n) is 5.59. The van der Waals surface area contributed by atoms with E-state index < -0.39 is 0 Å². The zero-order chi connectivity index (χ0) is 14.5. The fraction of sp³-hybridized carbons (Fsp3) is 0.769. The molecule has 0 aromatic carbocycles. The van der Waals surface area contributed by atoms with E-state index in [9.17, 15) is 0 Å². The Hall–Kier alpha value is -1.67. The molecule has 1 atom stereocenters. The second-order valence-corrected chi connectivity index (χ2v) is 5.59. The Morgan fingerprint density at radius 2 is 1.95 bits per heavy atom. The summed E-state index contributed by atoms with van der Waals surface area (Å²) in [6.07, 6.45) is 4.66. The number of anilines is 3. The summed E-state index contributed by atoms with van der Waals surface area (Å²) in [5, 5.41) is 3.29. The molecule has 3 heterocycles. The van der Waals surface area contributed by atoms with E-state index in [1.807, 2.05) is 0 Å². The SMILES string of the molecule is NNc1nc(NCC2CCCOC2)nc(N2CCCC2)n1. The lowest BCUT2D eigenvalue weighted by Crippen LogP contribution is -2.26. The number of hydrogen-bond donors (Lipinski definition) is 3. The molecule has 1 unspecified atom stereocenters. The molecule has 1 aromatic rings. The monoisotopic (exact) mass is 293 g/mol. The van der Waals surface area contributed by atoms with Crippen LogP contribution in [0.25, 0.3) is 0 Å². The number of aromatic nitrogens is 3. The van der Waals surface area contributed by atoms with Gasteiger partial charge >= 0.3 is 0 Å². The van der Waals surface area contributed by atoms with Crippen LogP contribution >= 0.6 is 0 Å². The summed E-state index contributed by atoms with van der Waals surface area (Å²) in [5.41, 5.74) is 2.52. The van der Waals surface area contributed by atoms with Crippen molar-refractivity contribution >= 4 is 17.8 Å². The molecule has 0 amide bonds. The standard InChI is InChI=1S/C13H23N7O/c14-19-12-16-11(15-8-10-4-3-7-21-9-10)17-13(18-12)20-5-1-2-6-20/h10H,1-9,14H2,(H2,15,16,17,18,19). The minimum Gasteiger partial charge on any atom is -0.381 e. The average Bonchev–Trinajstić information content (AvgIpc) is 3.08. The molecule has 0 aliphatic carbocycles. The molecular weight excluding hydrogens is 270 g/mol. The fourth-order valence-electron chi connectivity index (χ4n) is 2.77. The number of rotatable bonds is 5. The van der Waals surface area contributed by atoms with E-state index in [-0.39, 0.29) is 0 Å². The van der Waals surface area contributed by atoms with Gasteiger partial charge in [0.1, 0.15) is 0 Å². The third-order valence-corrected chi connectivity index (χ3v) is 3.95. The Labute approximate surface area is 124 Å². The van der Waals surface area contributed by atoms with Gasteiger partial charge in [-0.1, -0.05) is 0 Å². The first kappa shape index (κ1) is 14.3. The first-order valence-corrected chi connectivity index (χ1v) is 7.64. The highest BCUT2D eigenvalue weighted by molar-refractivity contribution is 5.43. The number of nitrogens with two attached hydrogens (primary N) is 1. The van der Waals surface area contributed by atoms with E-state index in [0.717, 1.165) is 39.3 Å². The van der Waals surface area contributed by atoms with Gasteiger partial charge < -0.3 is 15.0 Å². The minimum absolute atomic E-state index is 0.397. The van der Waals surface area contributed by atoms with Crippen molar-refractivity contribution in [3.8, 4) is 0 Å². The zero-order valence-corrected chi connectivity index (χ0v) is 12.2. The molecule has 0 radical (unpaired) electrons. The maximum Gasteiger partial charge on any atom is 0.243 e. The van der Waals surface area contributed by atoms with E-state index in [2.05, 4.69) is 30.6 Å². The molecule has 2 saturated heterocycles. The van der Waals surface area contributed by atoms with Crippen molar-refractivity contribution in [1.29, 1.82) is 0 Å². The van der Waals surface area contributed by atoms with Crippen LogP contribution in [0.4, 0.5) is 17.8 Å². The summed E-state index contributed by atoms with van der Waals surface area (Å²) >= 11 is 0. The molecule has 8 nitrogen and oxygen atoms in total. The summed E-state index contributed by atoms with van der Waals surface area (Å²) in [6, 6.07) is 0. The van der Waals surface area contributed by atoms with Gasteiger partial charge in [0.15, 0.2) is 0 Å². The topological polar surface area (TPSA) is 101 Å². The van der Waals surface area contributed by atoms with Gasteiger partial charge in [0.2, 0.25) is 17.8 Å². The van der Waals surface area contributed by atoms with Crippen LogP contribution in [0.2, 0.25) is 0 Å². The van der Waals surface area contributed by atoms with Gasteiger partial charge in [-0.3, -0.25) is 5.43 Å². The second kappa shape index (κ2) is 6.86. The van der Waals surface area contributed by atoms with E-state index in [1.165, 1.54) is 19.3 Å². The summed E-state index contributed by atoms with van der Waals surface area (Å²) in [5.74, 6) is 7.63. The van der Waals surface area contributed by atoms with E-state index in [4.69, 9.17) is 10.6 Å². The zero-order valence-electron chi connectivity index (χ0n) is 12.2. The summed E-state index contributed by atoms with van der Waals surface area (Å²) in [4.78, 5) is 15.3. The largest absolute Gasteiger partial charge is 0.381 e. The molecular formula is C13H23N7O. The van der Waals surface area contributed by atoms with Gasteiger partial charge in [0.05, 0.1) is 6.61 Å². The highest BCUT2D eigenvalue weighted by Crippen LogP contribution is 2.19. The third-order valence-electron chi connectivity index (χ3n) is 3.95. The number of nitrogens with one attached hydrogen (secondary N) is 2. The van der Waals surface area contributed by atoms with Gasteiger partial charge in [-0.25, -0.2) is 5.84 Å². The predicted octanol–water partition coefficient (Wildman–Crippen LogP) is 0.596. The van der Waals surface area contributed by atoms with E-state index in [1.54, 1.807) is 0 Å². The van der Waals surface area contributed by atoms with Crippen molar-refractivity contribution in [3.63, 3.8) is 0 Å². The van der Waals surface area contributed by atoms with Crippen molar-refractivity contribution in [1.82, 2.24) is 15.0 Å². The molecule has 116 valence electrons. The molecule has 4 N–H and O–H groups in total. The van der Waals surface area contributed by atoms with Crippen LogP contribution in [0.15, 0.2) is 0 Å². The van der Waals surface area contributed by atoms with Crippen LogP contribution < -0.4 is 21.5 Å². The number of hydrazine groups is 1. The summed E-state index contributed by atoms with van der Waals surface area (Å²) < 4.78 is 5.49. The van der Waals surface area contributed by atoms with Gasteiger partial charge in [0.25, 0.3) is 0 Å². The van der Waals surface area contributed by atoms with E-state index in [0.29, 0.717) is 23.8 Å². The Bertz CT molecular complexity index is 458. The molecule has 2 aliphatic rings. The number of nitrogen functional groups attached to an aromatic ring is 1. The normalized spacial score (nSPS) is 22.3. The maximum atomic E-state index is 5.49. The molecule has 8 heteroatoms. The first-order valence-electron chi connectivity index (χ1n) is 7.64. The molecule has 21 heavy (non-hydrogen) atoms. The lowest BCUT2D eigenvalue weighted by Gasteiger charge is -2.22. The number of hydrogen-bond acceptors (Lipinski definition) is 8. The first-order chi connectivity index (χ1) is 10.3. The molecule has 1 aromatic heterocycles. The van der Waals surface area contributed by atoms with E-state index >= 15 is 0 Å². The summed E-state index contributed by atoms with van der Waals surface area (Å²) in [7, 11) is 0. The molecule has 0 bridgehead atoms.